The summed E-state index contributed by atoms with van der Waals surface area (Å²) >= 11 is 1.80. The number of aryl methyl sites for hydroxylation is 3. The highest BCUT2D eigenvalue weighted by atomic mass is 32.2. The molecule has 1 aromatic heterocycles. The van der Waals surface area contributed by atoms with Gasteiger partial charge in [0.05, 0.1) is 5.92 Å². The van der Waals surface area contributed by atoms with Gasteiger partial charge in [-0.05, 0) is 98.0 Å². The number of benzene rings is 2. The number of rotatable bonds is 10. The molecule has 4 atom stereocenters. The van der Waals surface area contributed by atoms with E-state index >= 15 is 0 Å². The lowest BCUT2D eigenvalue weighted by molar-refractivity contribution is -0.164. The van der Waals surface area contributed by atoms with Crippen molar-refractivity contribution in [1.29, 1.82) is 0 Å². The van der Waals surface area contributed by atoms with Crippen LogP contribution in [0.3, 0.4) is 0 Å². The molecule has 2 aliphatic heterocycles. The topological polar surface area (TPSA) is 76.5 Å². The van der Waals surface area contributed by atoms with Gasteiger partial charge in [0.1, 0.15) is 17.1 Å². The third-order valence-electron chi connectivity index (χ3n) is 9.49. The van der Waals surface area contributed by atoms with Crippen LogP contribution < -0.4 is 5.32 Å². The van der Waals surface area contributed by atoms with Crippen LogP contribution in [0.15, 0.2) is 53.6 Å². The maximum absolute atomic E-state index is 13.5. The Balaban J connectivity index is 1.40. The van der Waals surface area contributed by atoms with Crippen molar-refractivity contribution in [3.63, 3.8) is 0 Å². The summed E-state index contributed by atoms with van der Waals surface area (Å²) in [5, 5.41) is 3.06. The molecular formula is C37H50N4O3S. The number of esters is 1. The first-order chi connectivity index (χ1) is 21.3. The molecule has 0 spiro atoms. The zero-order chi connectivity index (χ0) is 32.5. The predicted molar refractivity (Wildman–Crippen MR) is 184 cm³/mol. The van der Waals surface area contributed by atoms with Crippen LogP contribution in [0, 0.1) is 19.8 Å². The molecule has 2 aromatic carbocycles. The molecule has 2 saturated heterocycles. The van der Waals surface area contributed by atoms with Crippen molar-refractivity contribution in [2.45, 2.75) is 121 Å². The number of unbranched alkanes of at least 4 members (excludes halogenated alkanes) is 2. The lowest BCUT2D eigenvalue weighted by Crippen LogP contribution is -2.58. The second-order valence-corrected chi connectivity index (χ2v) is 15.7. The van der Waals surface area contributed by atoms with E-state index in [9.17, 15) is 9.59 Å². The van der Waals surface area contributed by atoms with E-state index in [0.717, 1.165) is 78.2 Å². The number of amides is 1. The number of aromatic nitrogens is 2. The molecule has 2 aliphatic rings. The fourth-order valence-corrected chi connectivity index (χ4v) is 8.63. The summed E-state index contributed by atoms with van der Waals surface area (Å²) in [4.78, 5) is 35.3. The van der Waals surface area contributed by atoms with E-state index in [1.165, 1.54) is 0 Å². The Kier molecular flexibility index (Phi) is 9.85. The zero-order valence-electron chi connectivity index (χ0n) is 28.3. The van der Waals surface area contributed by atoms with Crippen molar-refractivity contribution >= 4 is 29.3 Å². The minimum Gasteiger partial charge on any atom is -0.460 e. The monoisotopic (exact) mass is 630 g/mol. The van der Waals surface area contributed by atoms with Gasteiger partial charge < -0.3 is 14.6 Å². The summed E-state index contributed by atoms with van der Waals surface area (Å²) in [6.07, 6.45) is 8.17. The molecular weight excluding hydrogens is 580 g/mol. The number of hydrogen-bond donors (Lipinski definition) is 1. The summed E-state index contributed by atoms with van der Waals surface area (Å²) in [7, 11) is 2.21. The Hall–Kier alpha value is -3.10. The fraction of sp³-hybridized carbons (Fsp3) is 0.541. The normalized spacial score (nSPS) is 23.2. The number of imidazole rings is 1. The van der Waals surface area contributed by atoms with Crippen molar-refractivity contribution < 1.29 is 14.3 Å². The molecule has 3 heterocycles. The number of anilines is 1. The quantitative estimate of drug-likeness (QED) is 0.179. The SMILES string of the molecule is CCCCCn1cc(C(=O)Nc2ccc(C)cc2C)nc1-c1ccc(SC2(C)C(C(=O)OC(C)(C)C)CC3CCC2N3C)cc1. The largest absolute Gasteiger partial charge is 0.460 e. The molecule has 3 aromatic rings. The van der Waals surface area contributed by atoms with Crippen LogP contribution in [-0.2, 0) is 16.1 Å². The molecule has 2 fully saturated rings. The molecule has 0 saturated carbocycles. The van der Waals surface area contributed by atoms with Crippen LogP contribution in [0.25, 0.3) is 11.4 Å². The average Bonchev–Trinajstić information content (AvgIpc) is 3.52. The van der Waals surface area contributed by atoms with E-state index < -0.39 is 5.60 Å². The molecule has 0 aliphatic carbocycles. The van der Waals surface area contributed by atoms with Crippen molar-refractivity contribution in [2.75, 3.05) is 12.4 Å². The molecule has 5 rings (SSSR count). The third kappa shape index (κ3) is 7.33. The number of hydrogen-bond acceptors (Lipinski definition) is 6. The molecule has 4 unspecified atom stereocenters. The highest BCUT2D eigenvalue weighted by Crippen LogP contribution is 2.53. The molecule has 2 bridgehead atoms. The number of piperidine rings is 1. The van der Waals surface area contributed by atoms with E-state index in [-0.39, 0.29) is 22.5 Å². The number of fused-ring (bicyclic) bond motifs is 2. The number of carbonyl (C=O) groups excluding carboxylic acids is 2. The zero-order valence-corrected chi connectivity index (χ0v) is 29.1. The van der Waals surface area contributed by atoms with Gasteiger partial charge in [-0.15, -0.1) is 11.8 Å². The van der Waals surface area contributed by atoms with Crippen LogP contribution in [-0.4, -0.2) is 55.8 Å². The number of nitrogens with one attached hydrogen (secondary N) is 1. The Morgan fingerprint density at radius 2 is 1.82 bits per heavy atom. The molecule has 1 N–H and O–H groups in total. The van der Waals surface area contributed by atoms with Crippen LogP contribution in [0.4, 0.5) is 5.69 Å². The van der Waals surface area contributed by atoms with Crippen molar-refractivity contribution in [2.24, 2.45) is 5.92 Å². The minimum atomic E-state index is -0.513. The Morgan fingerprint density at radius 3 is 2.49 bits per heavy atom. The van der Waals surface area contributed by atoms with E-state index in [1.54, 1.807) is 11.8 Å². The first kappa shape index (κ1) is 33.3. The maximum atomic E-state index is 13.5. The van der Waals surface area contributed by atoms with Crippen molar-refractivity contribution in [3.05, 3.63) is 65.5 Å². The van der Waals surface area contributed by atoms with Gasteiger partial charge >= 0.3 is 5.97 Å². The summed E-state index contributed by atoms with van der Waals surface area (Å²) in [6, 6.07) is 15.2. The Labute approximate surface area is 273 Å². The van der Waals surface area contributed by atoms with Crippen LogP contribution in [0.5, 0.6) is 0 Å². The lowest BCUT2D eigenvalue weighted by Gasteiger charge is -2.49. The van der Waals surface area contributed by atoms with Gasteiger partial charge in [-0.3, -0.25) is 14.5 Å². The van der Waals surface area contributed by atoms with E-state index in [4.69, 9.17) is 9.72 Å². The van der Waals surface area contributed by atoms with Crippen molar-refractivity contribution in [1.82, 2.24) is 14.5 Å². The van der Waals surface area contributed by atoms with Gasteiger partial charge in [0, 0.05) is 45.7 Å². The number of ether oxygens (including phenoxy) is 1. The molecule has 0 radical (unpaired) electrons. The summed E-state index contributed by atoms with van der Waals surface area (Å²) in [6.45, 7) is 15.1. The standard InChI is InChI=1S/C37H50N4O3S/c1-9-10-11-20-41-23-31(34(42)39-30-18-12-24(2)21-25(30)3)38-33(41)26-13-16-28(17-14-26)45-37(7)29(35(43)44-36(4,5)6)22-27-15-19-32(37)40(27)8/h12-14,16-18,21,23,27,29,32H,9-11,15,19-20,22H2,1-8H3,(H,39,42). The van der Waals surface area contributed by atoms with Gasteiger partial charge in [0.2, 0.25) is 0 Å². The van der Waals surface area contributed by atoms with Gasteiger partial charge in [0.15, 0.2) is 0 Å². The van der Waals surface area contributed by atoms with Crippen molar-refractivity contribution in [3.8, 4) is 11.4 Å². The van der Waals surface area contributed by atoms with Gasteiger partial charge in [-0.2, -0.15) is 0 Å². The fourth-order valence-electron chi connectivity index (χ4n) is 7.09. The number of carbonyl (C=O) groups is 2. The molecule has 45 heavy (non-hydrogen) atoms. The maximum Gasteiger partial charge on any atom is 0.310 e. The lowest BCUT2D eigenvalue weighted by atomic mass is 9.80. The van der Waals surface area contributed by atoms with E-state index in [1.807, 2.05) is 52.9 Å². The third-order valence-corrected chi connectivity index (χ3v) is 11.0. The highest BCUT2D eigenvalue weighted by molar-refractivity contribution is 8.00. The first-order valence-electron chi connectivity index (χ1n) is 16.5. The Morgan fingerprint density at radius 1 is 1.09 bits per heavy atom. The van der Waals surface area contributed by atoms with E-state index in [2.05, 4.69) is 66.0 Å². The molecule has 1 amide bonds. The summed E-state index contributed by atoms with van der Waals surface area (Å²) in [5.41, 5.74) is 3.85. The molecule has 242 valence electrons. The molecule has 8 heteroatoms. The van der Waals surface area contributed by atoms with Crippen LogP contribution in [0.1, 0.15) is 94.8 Å². The van der Waals surface area contributed by atoms with Crippen LogP contribution >= 0.6 is 11.8 Å². The predicted octanol–water partition coefficient (Wildman–Crippen LogP) is 8.28. The smallest absolute Gasteiger partial charge is 0.310 e. The van der Waals surface area contributed by atoms with E-state index in [0.29, 0.717) is 17.8 Å². The minimum absolute atomic E-state index is 0.0835. The molecule has 7 nitrogen and oxygen atoms in total. The number of thioether (sulfide) groups is 1. The first-order valence-corrected chi connectivity index (χ1v) is 17.3. The van der Waals surface area contributed by atoms with Gasteiger partial charge in [-0.1, -0.05) is 49.6 Å². The summed E-state index contributed by atoms with van der Waals surface area (Å²) < 4.78 is 7.76. The Bertz CT molecular complexity index is 1530. The average molecular weight is 631 g/mol. The van der Waals surface area contributed by atoms with Gasteiger partial charge in [-0.25, -0.2) is 4.98 Å². The summed E-state index contributed by atoms with van der Waals surface area (Å²) in [5.74, 6) is 0.329. The van der Waals surface area contributed by atoms with Crippen LogP contribution in [0.2, 0.25) is 0 Å². The second kappa shape index (κ2) is 13.3. The number of nitrogens with zero attached hydrogens (tertiary/aromatic N) is 3. The highest BCUT2D eigenvalue weighted by Gasteiger charge is 2.56. The van der Waals surface area contributed by atoms with Gasteiger partial charge in [0.25, 0.3) is 5.91 Å². The second-order valence-electron chi connectivity index (χ2n) is 14.2.